The van der Waals surface area contributed by atoms with Crippen LogP contribution in [0.2, 0.25) is 0 Å². The van der Waals surface area contributed by atoms with Gasteiger partial charge >= 0.3 is 5.97 Å². The number of carboxylic acids is 1. The monoisotopic (exact) mass is 277 g/mol. The number of aliphatic hydroxyl groups is 1. The van der Waals surface area contributed by atoms with Crippen molar-refractivity contribution < 1.29 is 15.0 Å². The standard InChI is InChI=1S/C16H23NO3/c1-2-3-9-13(16(19)20)11-15(18)14(17)10-12-7-5-4-6-8-12/h2-8,13-15,18H,9-11,17H2,1H3,(H,19,20)/b3-2+/t13-,14+,15+/m1/s1. The third-order valence-electron chi connectivity index (χ3n) is 3.34. The van der Waals surface area contributed by atoms with Crippen molar-refractivity contribution in [1.82, 2.24) is 0 Å². The van der Waals surface area contributed by atoms with Crippen LogP contribution in [0, 0.1) is 5.92 Å². The first-order valence-electron chi connectivity index (χ1n) is 6.86. The molecular weight excluding hydrogens is 254 g/mol. The first-order valence-corrected chi connectivity index (χ1v) is 6.86. The van der Waals surface area contributed by atoms with Crippen LogP contribution >= 0.6 is 0 Å². The zero-order chi connectivity index (χ0) is 15.0. The van der Waals surface area contributed by atoms with Gasteiger partial charge in [-0.2, -0.15) is 0 Å². The largest absolute Gasteiger partial charge is 0.481 e. The van der Waals surface area contributed by atoms with E-state index in [1.807, 2.05) is 43.3 Å². The second kappa shape index (κ2) is 8.51. The predicted molar refractivity (Wildman–Crippen MR) is 79.3 cm³/mol. The number of allylic oxidation sites excluding steroid dienone is 2. The normalized spacial score (nSPS) is 15.9. The van der Waals surface area contributed by atoms with Crippen LogP contribution in [0.5, 0.6) is 0 Å². The molecule has 20 heavy (non-hydrogen) atoms. The number of carboxylic acid groups (broad SMARTS) is 1. The average Bonchev–Trinajstić information content (AvgIpc) is 2.43. The Bertz CT molecular complexity index is 431. The molecule has 0 aliphatic carbocycles. The van der Waals surface area contributed by atoms with E-state index in [2.05, 4.69) is 0 Å². The van der Waals surface area contributed by atoms with Crippen LogP contribution in [-0.4, -0.2) is 28.3 Å². The molecule has 0 amide bonds. The van der Waals surface area contributed by atoms with Crippen molar-refractivity contribution in [3.63, 3.8) is 0 Å². The van der Waals surface area contributed by atoms with Crippen molar-refractivity contribution in [2.24, 2.45) is 11.7 Å². The summed E-state index contributed by atoms with van der Waals surface area (Å²) in [5.74, 6) is -1.49. The topological polar surface area (TPSA) is 83.5 Å². The average molecular weight is 277 g/mol. The quantitative estimate of drug-likeness (QED) is 0.634. The number of aliphatic hydroxyl groups excluding tert-OH is 1. The smallest absolute Gasteiger partial charge is 0.306 e. The number of rotatable bonds is 8. The molecule has 0 spiro atoms. The van der Waals surface area contributed by atoms with Gasteiger partial charge in [-0.05, 0) is 31.7 Å². The van der Waals surface area contributed by atoms with E-state index in [-0.39, 0.29) is 6.42 Å². The van der Waals surface area contributed by atoms with Crippen molar-refractivity contribution in [3.05, 3.63) is 48.0 Å². The molecule has 0 fully saturated rings. The third-order valence-corrected chi connectivity index (χ3v) is 3.34. The van der Waals surface area contributed by atoms with E-state index in [9.17, 15) is 9.90 Å². The Morgan fingerprint density at radius 1 is 1.35 bits per heavy atom. The first-order chi connectivity index (χ1) is 9.54. The van der Waals surface area contributed by atoms with Gasteiger partial charge < -0.3 is 15.9 Å². The van der Waals surface area contributed by atoms with Crippen LogP contribution in [-0.2, 0) is 11.2 Å². The van der Waals surface area contributed by atoms with Gasteiger partial charge in [0.25, 0.3) is 0 Å². The van der Waals surface area contributed by atoms with Crippen LogP contribution in [0.4, 0.5) is 0 Å². The van der Waals surface area contributed by atoms with E-state index in [0.717, 1.165) is 5.56 Å². The van der Waals surface area contributed by atoms with Gasteiger partial charge in [-0.25, -0.2) is 0 Å². The Hall–Kier alpha value is -1.65. The summed E-state index contributed by atoms with van der Waals surface area (Å²) in [7, 11) is 0. The van der Waals surface area contributed by atoms with E-state index in [1.165, 1.54) is 0 Å². The van der Waals surface area contributed by atoms with Crippen molar-refractivity contribution >= 4 is 5.97 Å². The maximum absolute atomic E-state index is 11.1. The van der Waals surface area contributed by atoms with Crippen molar-refractivity contribution in [2.75, 3.05) is 0 Å². The van der Waals surface area contributed by atoms with Crippen LogP contribution in [0.1, 0.15) is 25.3 Å². The lowest BCUT2D eigenvalue weighted by Crippen LogP contribution is -2.38. The molecule has 0 aliphatic heterocycles. The maximum Gasteiger partial charge on any atom is 0.306 e. The minimum atomic E-state index is -0.894. The molecule has 0 aromatic heterocycles. The molecule has 4 N–H and O–H groups in total. The first kappa shape index (κ1) is 16.4. The molecule has 1 rings (SSSR count). The van der Waals surface area contributed by atoms with Gasteiger partial charge in [0.1, 0.15) is 0 Å². The summed E-state index contributed by atoms with van der Waals surface area (Å²) >= 11 is 0. The molecule has 0 aliphatic rings. The second-order valence-corrected chi connectivity index (χ2v) is 5.00. The molecule has 110 valence electrons. The molecular formula is C16H23NO3. The third kappa shape index (κ3) is 5.55. The molecule has 3 atom stereocenters. The number of hydrogen-bond donors (Lipinski definition) is 3. The lowest BCUT2D eigenvalue weighted by molar-refractivity contribution is -0.142. The van der Waals surface area contributed by atoms with E-state index >= 15 is 0 Å². The number of aliphatic carboxylic acids is 1. The molecule has 4 nitrogen and oxygen atoms in total. The fourth-order valence-electron chi connectivity index (χ4n) is 2.09. The van der Waals surface area contributed by atoms with Crippen LogP contribution in [0.3, 0.4) is 0 Å². The zero-order valence-corrected chi connectivity index (χ0v) is 11.8. The van der Waals surface area contributed by atoms with Crippen molar-refractivity contribution in [3.8, 4) is 0 Å². The maximum atomic E-state index is 11.1. The number of benzene rings is 1. The van der Waals surface area contributed by atoms with Crippen LogP contribution < -0.4 is 5.73 Å². The Morgan fingerprint density at radius 3 is 2.55 bits per heavy atom. The highest BCUT2D eigenvalue weighted by Crippen LogP contribution is 2.16. The van der Waals surface area contributed by atoms with Gasteiger partial charge in [0.15, 0.2) is 0 Å². The van der Waals surface area contributed by atoms with Crippen LogP contribution in [0.25, 0.3) is 0 Å². The van der Waals surface area contributed by atoms with Crippen molar-refractivity contribution in [2.45, 2.75) is 38.3 Å². The van der Waals surface area contributed by atoms with Gasteiger partial charge in [0.2, 0.25) is 0 Å². The highest BCUT2D eigenvalue weighted by atomic mass is 16.4. The molecule has 0 saturated heterocycles. The molecule has 0 unspecified atom stereocenters. The van der Waals surface area contributed by atoms with E-state index in [0.29, 0.717) is 12.8 Å². The van der Waals surface area contributed by atoms with Gasteiger partial charge in [0, 0.05) is 6.04 Å². The Balaban J connectivity index is 2.54. The fraction of sp³-hybridized carbons (Fsp3) is 0.438. The number of nitrogens with two attached hydrogens (primary N) is 1. The van der Waals surface area contributed by atoms with Crippen LogP contribution in [0.15, 0.2) is 42.5 Å². The van der Waals surface area contributed by atoms with Crippen molar-refractivity contribution in [1.29, 1.82) is 0 Å². The summed E-state index contributed by atoms with van der Waals surface area (Å²) in [5, 5.41) is 19.2. The summed E-state index contributed by atoms with van der Waals surface area (Å²) in [4.78, 5) is 11.1. The van der Waals surface area contributed by atoms with Gasteiger partial charge in [-0.3, -0.25) is 4.79 Å². The predicted octanol–water partition coefficient (Wildman–Crippen LogP) is 1.97. The molecule has 0 saturated carbocycles. The van der Waals surface area contributed by atoms with Gasteiger partial charge in [-0.15, -0.1) is 0 Å². The SMILES string of the molecule is C/C=C/C[C@H](C[C@H](O)[C@@H](N)Cc1ccccc1)C(=O)O. The Morgan fingerprint density at radius 2 is 2.00 bits per heavy atom. The molecule has 0 bridgehead atoms. The van der Waals surface area contributed by atoms with Gasteiger partial charge in [-0.1, -0.05) is 42.5 Å². The van der Waals surface area contributed by atoms with E-state index < -0.39 is 24.0 Å². The second-order valence-electron chi connectivity index (χ2n) is 5.00. The Labute approximate surface area is 119 Å². The highest BCUT2D eigenvalue weighted by molar-refractivity contribution is 5.70. The van der Waals surface area contributed by atoms with Gasteiger partial charge in [0.05, 0.1) is 12.0 Å². The minimum Gasteiger partial charge on any atom is -0.481 e. The zero-order valence-electron chi connectivity index (χ0n) is 11.8. The molecule has 4 heteroatoms. The molecule has 0 heterocycles. The highest BCUT2D eigenvalue weighted by Gasteiger charge is 2.24. The molecule has 1 aromatic rings. The van der Waals surface area contributed by atoms with E-state index in [1.54, 1.807) is 6.08 Å². The summed E-state index contributed by atoms with van der Waals surface area (Å²) < 4.78 is 0. The lowest BCUT2D eigenvalue weighted by atomic mass is 9.92. The Kier molecular flexibility index (Phi) is 6.98. The van der Waals surface area contributed by atoms with E-state index in [4.69, 9.17) is 10.8 Å². The molecule has 0 radical (unpaired) electrons. The molecule has 1 aromatic carbocycles. The summed E-state index contributed by atoms with van der Waals surface area (Å²) in [5.41, 5.74) is 7.01. The fourth-order valence-corrected chi connectivity index (χ4v) is 2.09. The minimum absolute atomic E-state index is 0.174. The lowest BCUT2D eigenvalue weighted by Gasteiger charge is -2.21. The summed E-state index contributed by atoms with van der Waals surface area (Å²) in [6, 6.07) is 9.19. The number of hydrogen-bond acceptors (Lipinski definition) is 3. The summed E-state index contributed by atoms with van der Waals surface area (Å²) in [6.07, 6.45) is 3.93. The summed E-state index contributed by atoms with van der Waals surface area (Å²) in [6.45, 7) is 1.84. The number of carbonyl (C=O) groups is 1.